The largest absolute Gasteiger partial charge is 0.457 e. The number of ether oxygens (including phenoxy) is 1. The molecule has 0 radical (unpaired) electrons. The van der Waals surface area contributed by atoms with Gasteiger partial charge in [-0.25, -0.2) is 4.39 Å². The molecule has 0 unspecified atom stereocenters. The summed E-state index contributed by atoms with van der Waals surface area (Å²) in [4.78, 5) is 0. The van der Waals surface area contributed by atoms with E-state index in [1.165, 1.54) is 30.5 Å². The molecule has 0 aliphatic heterocycles. The molecule has 0 spiro atoms. The van der Waals surface area contributed by atoms with Crippen LogP contribution in [0.25, 0.3) is 0 Å². The molecule has 1 N–H and O–H groups in total. The molecular formula is C17H17ClFNO. The van der Waals surface area contributed by atoms with Gasteiger partial charge in [0.1, 0.15) is 17.3 Å². The molecule has 0 heterocycles. The number of halogens is 2. The van der Waals surface area contributed by atoms with E-state index in [2.05, 4.69) is 11.4 Å². The summed E-state index contributed by atoms with van der Waals surface area (Å²) in [7, 11) is 0. The average Bonchev–Trinajstić information content (AvgIpc) is 3.28. The molecule has 2 nitrogen and oxygen atoms in total. The van der Waals surface area contributed by atoms with Gasteiger partial charge in [0.2, 0.25) is 0 Å². The maximum atomic E-state index is 13.2. The Morgan fingerprint density at radius 1 is 1.24 bits per heavy atom. The molecule has 110 valence electrons. The lowest BCUT2D eigenvalue weighted by molar-refractivity contribution is 0.476. The van der Waals surface area contributed by atoms with Crippen LogP contribution in [0, 0.1) is 12.7 Å². The fourth-order valence-electron chi connectivity index (χ4n) is 2.08. The standard InChI is InChI=1S/C17H17ClFNO/c1-11-2-3-12(10-20-13-4-5-13)8-17(11)21-14-6-7-16(19)15(18)9-14/h2-3,6-9,13,20H,4-5,10H2,1H3. The third-order valence-electron chi connectivity index (χ3n) is 3.54. The molecule has 4 heteroatoms. The van der Waals surface area contributed by atoms with E-state index in [0.717, 1.165) is 17.9 Å². The third kappa shape index (κ3) is 3.74. The van der Waals surface area contributed by atoms with Crippen molar-refractivity contribution in [3.8, 4) is 11.5 Å². The van der Waals surface area contributed by atoms with Gasteiger partial charge in [-0.1, -0.05) is 23.7 Å². The first-order valence-corrected chi connectivity index (χ1v) is 7.45. The number of hydrogen-bond acceptors (Lipinski definition) is 2. The SMILES string of the molecule is Cc1ccc(CNC2CC2)cc1Oc1ccc(F)c(Cl)c1. The number of benzene rings is 2. The first kappa shape index (κ1) is 14.4. The predicted octanol–water partition coefficient (Wildman–Crippen LogP) is 4.83. The second-order valence-corrected chi connectivity index (χ2v) is 5.84. The zero-order chi connectivity index (χ0) is 14.8. The monoisotopic (exact) mass is 305 g/mol. The summed E-state index contributed by atoms with van der Waals surface area (Å²) in [6.45, 7) is 2.82. The molecule has 1 aliphatic rings. The molecule has 2 aromatic rings. The maximum absolute atomic E-state index is 13.2. The molecule has 0 amide bonds. The van der Waals surface area contributed by atoms with Crippen molar-refractivity contribution < 1.29 is 9.13 Å². The Morgan fingerprint density at radius 3 is 2.76 bits per heavy atom. The van der Waals surface area contributed by atoms with Gasteiger partial charge in [0.15, 0.2) is 0 Å². The van der Waals surface area contributed by atoms with Crippen LogP contribution < -0.4 is 10.1 Å². The lowest BCUT2D eigenvalue weighted by Gasteiger charge is -2.11. The molecule has 0 aromatic heterocycles. The summed E-state index contributed by atoms with van der Waals surface area (Å²) in [5.74, 6) is 0.868. The highest BCUT2D eigenvalue weighted by Gasteiger charge is 2.20. The van der Waals surface area contributed by atoms with Gasteiger partial charge in [-0.15, -0.1) is 0 Å². The van der Waals surface area contributed by atoms with Crippen molar-refractivity contribution >= 4 is 11.6 Å². The fraction of sp³-hybridized carbons (Fsp3) is 0.294. The zero-order valence-electron chi connectivity index (χ0n) is 11.8. The van der Waals surface area contributed by atoms with E-state index >= 15 is 0 Å². The molecule has 0 bridgehead atoms. The van der Waals surface area contributed by atoms with Gasteiger partial charge in [0.05, 0.1) is 5.02 Å². The van der Waals surface area contributed by atoms with E-state index in [-0.39, 0.29) is 5.02 Å². The predicted molar refractivity (Wildman–Crippen MR) is 82.5 cm³/mol. The van der Waals surface area contributed by atoms with Crippen LogP contribution in [-0.4, -0.2) is 6.04 Å². The molecule has 21 heavy (non-hydrogen) atoms. The van der Waals surface area contributed by atoms with E-state index in [4.69, 9.17) is 16.3 Å². The second kappa shape index (κ2) is 6.04. The van der Waals surface area contributed by atoms with E-state index in [9.17, 15) is 4.39 Å². The van der Waals surface area contributed by atoms with Crippen molar-refractivity contribution in [3.63, 3.8) is 0 Å². The highest BCUT2D eigenvalue weighted by Crippen LogP contribution is 2.29. The summed E-state index contributed by atoms with van der Waals surface area (Å²) in [6.07, 6.45) is 2.53. The molecule has 3 rings (SSSR count). The topological polar surface area (TPSA) is 21.3 Å². The van der Waals surface area contributed by atoms with Crippen molar-refractivity contribution in [2.24, 2.45) is 0 Å². The highest BCUT2D eigenvalue weighted by atomic mass is 35.5. The summed E-state index contributed by atoms with van der Waals surface area (Å²) in [5.41, 5.74) is 2.21. The number of aryl methyl sites for hydroxylation is 1. The van der Waals surface area contributed by atoms with E-state index < -0.39 is 5.82 Å². The van der Waals surface area contributed by atoms with Crippen molar-refractivity contribution in [2.45, 2.75) is 32.4 Å². The van der Waals surface area contributed by atoms with Gasteiger partial charge in [-0.3, -0.25) is 0 Å². The quantitative estimate of drug-likeness (QED) is 0.854. The van der Waals surface area contributed by atoms with Gasteiger partial charge < -0.3 is 10.1 Å². The molecule has 1 fully saturated rings. The lowest BCUT2D eigenvalue weighted by atomic mass is 10.1. The van der Waals surface area contributed by atoms with Crippen molar-refractivity contribution in [1.82, 2.24) is 5.32 Å². The third-order valence-corrected chi connectivity index (χ3v) is 3.83. The Hall–Kier alpha value is -1.58. The van der Waals surface area contributed by atoms with Gasteiger partial charge in [0.25, 0.3) is 0 Å². The Labute approximate surface area is 128 Å². The van der Waals surface area contributed by atoms with E-state index in [1.807, 2.05) is 19.1 Å². The Kier molecular flexibility index (Phi) is 4.13. The molecule has 0 atom stereocenters. The molecule has 0 saturated heterocycles. The number of hydrogen-bond donors (Lipinski definition) is 1. The van der Waals surface area contributed by atoms with Crippen LogP contribution in [0.3, 0.4) is 0 Å². The first-order valence-electron chi connectivity index (χ1n) is 7.07. The van der Waals surface area contributed by atoms with Crippen LogP contribution in [0.15, 0.2) is 36.4 Å². The minimum atomic E-state index is -0.442. The fourth-order valence-corrected chi connectivity index (χ4v) is 2.25. The average molecular weight is 306 g/mol. The minimum Gasteiger partial charge on any atom is -0.457 e. The molecular weight excluding hydrogens is 289 g/mol. The smallest absolute Gasteiger partial charge is 0.142 e. The van der Waals surface area contributed by atoms with Crippen LogP contribution in [0.4, 0.5) is 4.39 Å². The van der Waals surface area contributed by atoms with Gasteiger partial charge >= 0.3 is 0 Å². The van der Waals surface area contributed by atoms with Crippen LogP contribution in [0.1, 0.15) is 24.0 Å². The van der Waals surface area contributed by atoms with E-state index in [1.54, 1.807) is 6.07 Å². The van der Waals surface area contributed by atoms with Gasteiger partial charge in [-0.2, -0.15) is 0 Å². The van der Waals surface area contributed by atoms with Gasteiger partial charge in [-0.05, 0) is 49.1 Å². The molecule has 1 aliphatic carbocycles. The summed E-state index contributed by atoms with van der Waals surface area (Å²) in [6, 6.07) is 11.2. The second-order valence-electron chi connectivity index (χ2n) is 5.43. The van der Waals surface area contributed by atoms with Crippen LogP contribution in [0.2, 0.25) is 5.02 Å². The number of nitrogens with one attached hydrogen (secondary N) is 1. The Bertz CT molecular complexity index is 655. The van der Waals surface area contributed by atoms with Crippen LogP contribution in [-0.2, 0) is 6.54 Å². The zero-order valence-corrected chi connectivity index (χ0v) is 12.6. The summed E-state index contributed by atoms with van der Waals surface area (Å²) >= 11 is 5.78. The summed E-state index contributed by atoms with van der Waals surface area (Å²) in [5, 5.41) is 3.54. The number of rotatable bonds is 5. The molecule has 2 aromatic carbocycles. The van der Waals surface area contributed by atoms with Gasteiger partial charge in [0, 0.05) is 18.7 Å². The Balaban J connectivity index is 1.76. The maximum Gasteiger partial charge on any atom is 0.142 e. The minimum absolute atomic E-state index is 0.0664. The lowest BCUT2D eigenvalue weighted by Crippen LogP contribution is -2.15. The van der Waals surface area contributed by atoms with E-state index in [0.29, 0.717) is 11.8 Å². The first-order chi connectivity index (χ1) is 10.1. The van der Waals surface area contributed by atoms with Crippen molar-refractivity contribution in [3.05, 3.63) is 58.4 Å². The normalized spacial score (nSPS) is 14.2. The van der Waals surface area contributed by atoms with Crippen molar-refractivity contribution in [1.29, 1.82) is 0 Å². The summed E-state index contributed by atoms with van der Waals surface area (Å²) < 4.78 is 19.0. The van der Waals surface area contributed by atoms with Crippen LogP contribution >= 0.6 is 11.6 Å². The Morgan fingerprint density at radius 2 is 2.05 bits per heavy atom. The van der Waals surface area contributed by atoms with Crippen molar-refractivity contribution in [2.75, 3.05) is 0 Å². The van der Waals surface area contributed by atoms with Crippen LogP contribution in [0.5, 0.6) is 11.5 Å². The molecule has 1 saturated carbocycles. The highest BCUT2D eigenvalue weighted by molar-refractivity contribution is 6.30.